The van der Waals surface area contributed by atoms with Crippen molar-refractivity contribution in [3.63, 3.8) is 0 Å². The first-order chi connectivity index (χ1) is 15.5. The molecule has 9 heteroatoms. The van der Waals surface area contributed by atoms with E-state index in [0.717, 1.165) is 22.9 Å². The van der Waals surface area contributed by atoms with E-state index in [2.05, 4.69) is 28.8 Å². The molecule has 4 rings (SSSR count). The van der Waals surface area contributed by atoms with Crippen LogP contribution in [0.1, 0.15) is 37.0 Å². The van der Waals surface area contributed by atoms with Gasteiger partial charge in [0.1, 0.15) is 24.2 Å². The summed E-state index contributed by atoms with van der Waals surface area (Å²) in [5.41, 5.74) is 2.77. The van der Waals surface area contributed by atoms with Gasteiger partial charge in [-0.1, -0.05) is 19.9 Å². The van der Waals surface area contributed by atoms with E-state index in [1.54, 1.807) is 11.8 Å². The molecule has 0 spiro atoms. The van der Waals surface area contributed by atoms with Gasteiger partial charge in [-0.2, -0.15) is 4.98 Å². The SMILES string of the molecule is Cc1cc(OCC2CN(C(=O)CSCc3cn4ccccc4n3)CCO2)nc(C(C)C)n1. The summed E-state index contributed by atoms with van der Waals surface area (Å²) >= 11 is 1.58. The summed E-state index contributed by atoms with van der Waals surface area (Å²) in [7, 11) is 0. The van der Waals surface area contributed by atoms with Gasteiger partial charge in [0, 0.05) is 42.4 Å². The Hall–Kier alpha value is -2.65. The Labute approximate surface area is 192 Å². The van der Waals surface area contributed by atoms with Crippen LogP contribution in [-0.4, -0.2) is 68.3 Å². The van der Waals surface area contributed by atoms with E-state index < -0.39 is 0 Å². The van der Waals surface area contributed by atoms with Crippen LogP contribution >= 0.6 is 11.8 Å². The normalized spacial score (nSPS) is 16.6. The van der Waals surface area contributed by atoms with Gasteiger partial charge in [-0.05, 0) is 19.1 Å². The minimum Gasteiger partial charge on any atom is -0.475 e. The van der Waals surface area contributed by atoms with Crippen LogP contribution in [0, 0.1) is 6.92 Å². The molecule has 0 bridgehead atoms. The Morgan fingerprint density at radius 2 is 2.19 bits per heavy atom. The Morgan fingerprint density at radius 1 is 1.31 bits per heavy atom. The highest BCUT2D eigenvalue weighted by atomic mass is 32.2. The molecule has 3 aromatic heterocycles. The number of morpholine rings is 1. The Balaban J connectivity index is 1.24. The van der Waals surface area contributed by atoms with E-state index in [1.807, 2.05) is 52.9 Å². The number of pyridine rings is 1. The van der Waals surface area contributed by atoms with Crippen molar-refractivity contribution >= 4 is 23.3 Å². The van der Waals surface area contributed by atoms with Crippen LogP contribution in [-0.2, 0) is 15.3 Å². The number of imidazole rings is 1. The number of thioether (sulfide) groups is 1. The van der Waals surface area contributed by atoms with Crippen LogP contribution in [0.2, 0.25) is 0 Å². The Morgan fingerprint density at radius 3 is 3.00 bits per heavy atom. The molecule has 0 N–H and O–H groups in total. The topological polar surface area (TPSA) is 81.9 Å². The molecule has 32 heavy (non-hydrogen) atoms. The van der Waals surface area contributed by atoms with Crippen molar-refractivity contribution in [2.45, 2.75) is 38.5 Å². The van der Waals surface area contributed by atoms with Crippen molar-refractivity contribution in [3.05, 3.63) is 53.9 Å². The van der Waals surface area contributed by atoms with E-state index in [-0.39, 0.29) is 17.9 Å². The van der Waals surface area contributed by atoms with Crippen LogP contribution in [0.4, 0.5) is 0 Å². The first-order valence-corrected chi connectivity index (χ1v) is 12.0. The molecule has 1 unspecified atom stereocenters. The quantitative estimate of drug-likeness (QED) is 0.516. The van der Waals surface area contributed by atoms with Crippen LogP contribution in [0.5, 0.6) is 5.88 Å². The number of aromatic nitrogens is 4. The number of ether oxygens (including phenoxy) is 2. The number of carbonyl (C=O) groups is 1. The number of rotatable bonds is 8. The van der Waals surface area contributed by atoms with Gasteiger partial charge in [-0.15, -0.1) is 11.8 Å². The number of hydrogen-bond donors (Lipinski definition) is 0. The summed E-state index contributed by atoms with van der Waals surface area (Å²) in [5.74, 6) is 2.79. The van der Waals surface area contributed by atoms with Crippen molar-refractivity contribution in [2.75, 3.05) is 32.1 Å². The largest absolute Gasteiger partial charge is 0.475 e. The second-order valence-corrected chi connectivity index (χ2v) is 9.18. The molecule has 1 aliphatic heterocycles. The number of amides is 1. The monoisotopic (exact) mass is 455 g/mol. The molecule has 1 aliphatic rings. The summed E-state index contributed by atoms with van der Waals surface area (Å²) < 4.78 is 13.7. The van der Waals surface area contributed by atoms with Crippen LogP contribution in [0.25, 0.3) is 5.65 Å². The lowest BCUT2D eigenvalue weighted by Crippen LogP contribution is -2.48. The van der Waals surface area contributed by atoms with E-state index in [0.29, 0.717) is 43.7 Å². The smallest absolute Gasteiger partial charge is 0.232 e. The number of nitrogens with zero attached hydrogens (tertiary/aromatic N) is 5. The van der Waals surface area contributed by atoms with Crippen molar-refractivity contribution in [1.82, 2.24) is 24.3 Å². The van der Waals surface area contributed by atoms with Crippen molar-refractivity contribution in [2.24, 2.45) is 0 Å². The standard InChI is InChI=1S/C23H29N5O3S/c1-16(2)23-24-17(3)10-21(26-23)31-13-19-12-28(8-9-30-19)22(29)15-32-14-18-11-27-7-5-4-6-20(27)25-18/h4-7,10-11,16,19H,8-9,12-15H2,1-3H3. The zero-order valence-corrected chi connectivity index (χ0v) is 19.5. The van der Waals surface area contributed by atoms with Gasteiger partial charge in [0.25, 0.3) is 0 Å². The van der Waals surface area contributed by atoms with Gasteiger partial charge in [0.05, 0.1) is 24.6 Å². The third-order valence-electron chi connectivity index (χ3n) is 5.16. The second kappa shape index (κ2) is 10.3. The predicted molar refractivity (Wildman–Crippen MR) is 124 cm³/mol. The summed E-state index contributed by atoms with van der Waals surface area (Å²) in [5, 5.41) is 0. The maximum Gasteiger partial charge on any atom is 0.232 e. The maximum absolute atomic E-state index is 12.7. The minimum atomic E-state index is -0.172. The Bertz CT molecular complexity index is 1040. The van der Waals surface area contributed by atoms with E-state index in [4.69, 9.17) is 9.47 Å². The summed E-state index contributed by atoms with van der Waals surface area (Å²) in [6.45, 7) is 8.03. The lowest BCUT2D eigenvalue weighted by Gasteiger charge is -2.32. The van der Waals surface area contributed by atoms with Gasteiger partial charge in [-0.3, -0.25) is 4.79 Å². The lowest BCUT2D eigenvalue weighted by molar-refractivity contribution is -0.137. The number of carbonyl (C=O) groups excluding carboxylic acids is 1. The molecule has 0 aromatic carbocycles. The number of fused-ring (bicyclic) bond motifs is 1. The maximum atomic E-state index is 12.7. The van der Waals surface area contributed by atoms with E-state index in [9.17, 15) is 4.79 Å². The third kappa shape index (κ3) is 5.77. The average molecular weight is 456 g/mol. The van der Waals surface area contributed by atoms with Crippen LogP contribution in [0.15, 0.2) is 36.7 Å². The summed E-state index contributed by atoms with van der Waals surface area (Å²) in [6.07, 6.45) is 3.81. The zero-order valence-electron chi connectivity index (χ0n) is 18.7. The molecule has 8 nitrogen and oxygen atoms in total. The zero-order chi connectivity index (χ0) is 22.5. The summed E-state index contributed by atoms with van der Waals surface area (Å²) in [6, 6.07) is 7.74. The van der Waals surface area contributed by atoms with Crippen molar-refractivity contribution in [3.8, 4) is 5.88 Å². The molecule has 1 fully saturated rings. The van der Waals surface area contributed by atoms with Gasteiger partial charge >= 0.3 is 0 Å². The highest BCUT2D eigenvalue weighted by molar-refractivity contribution is 7.99. The third-order valence-corrected chi connectivity index (χ3v) is 6.11. The van der Waals surface area contributed by atoms with Crippen molar-refractivity contribution in [1.29, 1.82) is 0 Å². The molecular formula is C23H29N5O3S. The average Bonchev–Trinajstić information content (AvgIpc) is 3.20. The molecule has 4 heterocycles. The lowest BCUT2D eigenvalue weighted by atomic mass is 10.2. The number of hydrogen-bond acceptors (Lipinski definition) is 7. The summed E-state index contributed by atoms with van der Waals surface area (Å²) in [4.78, 5) is 28.1. The molecule has 3 aromatic rings. The fraction of sp³-hybridized carbons (Fsp3) is 0.478. The predicted octanol–water partition coefficient (Wildman–Crippen LogP) is 3.10. The fourth-order valence-corrected chi connectivity index (χ4v) is 4.32. The fourth-order valence-electron chi connectivity index (χ4n) is 3.51. The Kier molecular flexibility index (Phi) is 7.26. The molecule has 0 saturated carbocycles. The first kappa shape index (κ1) is 22.5. The molecule has 0 radical (unpaired) electrons. The first-order valence-electron chi connectivity index (χ1n) is 10.9. The second-order valence-electron chi connectivity index (χ2n) is 8.20. The number of aryl methyl sites for hydroxylation is 1. The van der Waals surface area contributed by atoms with Crippen molar-refractivity contribution < 1.29 is 14.3 Å². The van der Waals surface area contributed by atoms with Gasteiger partial charge in [-0.25, -0.2) is 9.97 Å². The minimum absolute atomic E-state index is 0.118. The van der Waals surface area contributed by atoms with Gasteiger partial charge < -0.3 is 18.8 Å². The van der Waals surface area contributed by atoms with Gasteiger partial charge in [0.2, 0.25) is 11.8 Å². The highest BCUT2D eigenvalue weighted by Crippen LogP contribution is 2.17. The van der Waals surface area contributed by atoms with Crippen LogP contribution in [0.3, 0.4) is 0 Å². The molecule has 1 amide bonds. The molecule has 170 valence electrons. The van der Waals surface area contributed by atoms with E-state index in [1.165, 1.54) is 0 Å². The molecular weight excluding hydrogens is 426 g/mol. The van der Waals surface area contributed by atoms with Gasteiger partial charge in [0.15, 0.2) is 0 Å². The molecule has 0 aliphatic carbocycles. The molecule has 1 atom stereocenters. The highest BCUT2D eigenvalue weighted by Gasteiger charge is 2.25. The molecule has 1 saturated heterocycles. The van der Waals surface area contributed by atoms with E-state index >= 15 is 0 Å². The van der Waals surface area contributed by atoms with Crippen LogP contribution < -0.4 is 4.74 Å².